The molecule has 3 N–H and O–H groups in total. The molecule has 6 nitrogen and oxygen atoms in total. The van der Waals surface area contributed by atoms with Gasteiger partial charge in [0.05, 0.1) is 17.4 Å². The van der Waals surface area contributed by atoms with Crippen molar-refractivity contribution in [3.05, 3.63) is 51.8 Å². The average Bonchev–Trinajstić information content (AvgIpc) is 2.57. The molecule has 2 aromatic rings. The number of H-pyrrole nitrogens is 1. The first-order valence-corrected chi connectivity index (χ1v) is 8.79. The Labute approximate surface area is 144 Å². The Balaban J connectivity index is 1.93. The normalized spacial score (nSPS) is 11.9. The number of aromatic nitrogens is 2. The summed E-state index contributed by atoms with van der Waals surface area (Å²) < 4.78 is 0. The molecule has 0 aliphatic rings. The van der Waals surface area contributed by atoms with E-state index in [0.29, 0.717) is 6.42 Å². The molecular weight excluding hydrogens is 326 g/mol. The van der Waals surface area contributed by atoms with Gasteiger partial charge in [0.1, 0.15) is 0 Å². The summed E-state index contributed by atoms with van der Waals surface area (Å²) in [7, 11) is 0. The van der Waals surface area contributed by atoms with Crippen LogP contribution in [0.4, 0.5) is 0 Å². The number of carbonyl (C=O) groups is 1. The third-order valence-corrected chi connectivity index (χ3v) is 4.36. The molecule has 0 saturated heterocycles. The van der Waals surface area contributed by atoms with E-state index in [-0.39, 0.29) is 39.9 Å². The highest BCUT2D eigenvalue weighted by atomic mass is 32.2. The standard InChI is InChI=1S/C17H21N3O3S/c1-3-7-13-15(22)19-17(20-16(13)23)24-10-14(21)18-11(2)12-8-5-4-6-9-12/h4-6,8-9,11H,3,7,10H2,1-2H3,(H,18,21)(H2,19,20,22,23)/t11-/m1/s1. The summed E-state index contributed by atoms with van der Waals surface area (Å²) in [4.78, 5) is 30.5. The van der Waals surface area contributed by atoms with Gasteiger partial charge >= 0.3 is 0 Å². The number of hydrogen-bond donors (Lipinski definition) is 3. The van der Waals surface area contributed by atoms with Crippen molar-refractivity contribution in [2.75, 3.05) is 5.75 Å². The van der Waals surface area contributed by atoms with E-state index in [0.717, 1.165) is 23.7 Å². The highest BCUT2D eigenvalue weighted by Crippen LogP contribution is 2.18. The molecule has 1 amide bonds. The zero-order valence-corrected chi connectivity index (χ0v) is 14.5. The van der Waals surface area contributed by atoms with Crippen LogP contribution in [0.5, 0.6) is 5.88 Å². The van der Waals surface area contributed by atoms with Crippen molar-refractivity contribution in [3.8, 4) is 5.88 Å². The van der Waals surface area contributed by atoms with E-state index in [1.807, 2.05) is 44.2 Å². The predicted octanol–water partition coefficient (Wildman–Crippen LogP) is 2.40. The van der Waals surface area contributed by atoms with Crippen LogP contribution in [0.1, 0.15) is 37.4 Å². The Bertz CT molecular complexity index is 746. The number of carbonyl (C=O) groups excluding carboxylic acids is 1. The molecule has 24 heavy (non-hydrogen) atoms. The molecule has 0 spiro atoms. The van der Waals surface area contributed by atoms with E-state index >= 15 is 0 Å². The fourth-order valence-electron chi connectivity index (χ4n) is 2.25. The molecule has 0 radical (unpaired) electrons. The maximum absolute atomic E-state index is 12.0. The number of aromatic amines is 1. The SMILES string of the molecule is CCCc1c(O)nc(SCC(=O)N[C@H](C)c2ccccc2)[nH]c1=O. The van der Waals surface area contributed by atoms with Crippen molar-refractivity contribution in [1.82, 2.24) is 15.3 Å². The maximum Gasteiger partial charge on any atom is 0.258 e. The molecule has 0 fully saturated rings. The number of aromatic hydroxyl groups is 1. The summed E-state index contributed by atoms with van der Waals surface area (Å²) in [6.07, 6.45) is 1.21. The fourth-order valence-corrected chi connectivity index (χ4v) is 2.92. The number of rotatable bonds is 7. The molecule has 0 aliphatic heterocycles. The Kier molecular flexibility index (Phi) is 6.43. The lowest BCUT2D eigenvalue weighted by atomic mass is 10.1. The van der Waals surface area contributed by atoms with Gasteiger partial charge in [-0.1, -0.05) is 55.4 Å². The van der Waals surface area contributed by atoms with Crippen molar-refractivity contribution in [2.24, 2.45) is 0 Å². The van der Waals surface area contributed by atoms with Gasteiger partial charge in [0.2, 0.25) is 11.8 Å². The zero-order valence-electron chi connectivity index (χ0n) is 13.7. The molecule has 1 aromatic heterocycles. The number of amides is 1. The second-order valence-electron chi connectivity index (χ2n) is 5.41. The summed E-state index contributed by atoms with van der Waals surface area (Å²) in [5.74, 6) is -0.329. The summed E-state index contributed by atoms with van der Waals surface area (Å²) in [5, 5.41) is 12.9. The van der Waals surface area contributed by atoms with Gasteiger partial charge < -0.3 is 15.4 Å². The molecule has 1 heterocycles. The summed E-state index contributed by atoms with van der Waals surface area (Å²) in [6, 6.07) is 9.55. The van der Waals surface area contributed by atoms with Crippen molar-refractivity contribution < 1.29 is 9.90 Å². The summed E-state index contributed by atoms with van der Waals surface area (Å²) in [5.41, 5.74) is 0.942. The van der Waals surface area contributed by atoms with Gasteiger partial charge in [-0.3, -0.25) is 9.59 Å². The second-order valence-corrected chi connectivity index (χ2v) is 6.38. The van der Waals surface area contributed by atoms with Crippen LogP contribution in [0.3, 0.4) is 0 Å². The largest absolute Gasteiger partial charge is 0.493 e. The predicted molar refractivity (Wildman–Crippen MR) is 94.2 cm³/mol. The molecule has 7 heteroatoms. The van der Waals surface area contributed by atoms with Gasteiger partial charge in [-0.2, -0.15) is 4.98 Å². The van der Waals surface area contributed by atoms with Gasteiger partial charge in [0.15, 0.2) is 5.16 Å². The monoisotopic (exact) mass is 347 g/mol. The van der Waals surface area contributed by atoms with Crippen LogP contribution < -0.4 is 10.9 Å². The van der Waals surface area contributed by atoms with Crippen molar-refractivity contribution in [3.63, 3.8) is 0 Å². The number of thioether (sulfide) groups is 1. The van der Waals surface area contributed by atoms with Crippen LogP contribution in [0, 0.1) is 0 Å². The van der Waals surface area contributed by atoms with Crippen molar-refractivity contribution in [1.29, 1.82) is 0 Å². The number of hydrogen-bond acceptors (Lipinski definition) is 5. The Morgan fingerprint density at radius 3 is 2.71 bits per heavy atom. The van der Waals surface area contributed by atoms with E-state index in [4.69, 9.17) is 0 Å². The van der Waals surface area contributed by atoms with E-state index < -0.39 is 0 Å². The molecule has 0 saturated carbocycles. The lowest BCUT2D eigenvalue weighted by molar-refractivity contribution is -0.119. The minimum Gasteiger partial charge on any atom is -0.493 e. The highest BCUT2D eigenvalue weighted by Gasteiger charge is 2.13. The molecule has 128 valence electrons. The first-order valence-electron chi connectivity index (χ1n) is 7.80. The molecule has 1 aromatic carbocycles. The van der Waals surface area contributed by atoms with Crippen LogP contribution >= 0.6 is 11.8 Å². The molecule has 0 bridgehead atoms. The quantitative estimate of drug-likeness (QED) is 0.528. The van der Waals surface area contributed by atoms with Crippen LogP contribution in [-0.2, 0) is 11.2 Å². The maximum atomic E-state index is 12.0. The molecule has 2 rings (SSSR count). The third kappa shape index (κ3) is 4.86. The Morgan fingerprint density at radius 1 is 1.38 bits per heavy atom. The molecule has 0 aliphatic carbocycles. The Morgan fingerprint density at radius 2 is 2.08 bits per heavy atom. The van der Waals surface area contributed by atoms with Gasteiger partial charge in [-0.15, -0.1) is 0 Å². The number of benzene rings is 1. The van der Waals surface area contributed by atoms with E-state index in [1.165, 1.54) is 0 Å². The van der Waals surface area contributed by atoms with Gasteiger partial charge in [-0.05, 0) is 18.9 Å². The summed E-state index contributed by atoms with van der Waals surface area (Å²) >= 11 is 1.08. The van der Waals surface area contributed by atoms with E-state index in [2.05, 4.69) is 15.3 Å². The van der Waals surface area contributed by atoms with Gasteiger partial charge in [0.25, 0.3) is 5.56 Å². The second kappa shape index (κ2) is 8.54. The number of nitrogens with one attached hydrogen (secondary N) is 2. The van der Waals surface area contributed by atoms with Gasteiger partial charge in [0, 0.05) is 0 Å². The first kappa shape index (κ1) is 18.1. The van der Waals surface area contributed by atoms with E-state index in [9.17, 15) is 14.7 Å². The third-order valence-electron chi connectivity index (χ3n) is 3.49. The smallest absolute Gasteiger partial charge is 0.258 e. The van der Waals surface area contributed by atoms with Crippen molar-refractivity contribution >= 4 is 17.7 Å². The summed E-state index contributed by atoms with van der Waals surface area (Å²) in [6.45, 7) is 3.82. The minimum atomic E-state index is -0.357. The Hall–Kier alpha value is -2.28. The topological polar surface area (TPSA) is 95.1 Å². The van der Waals surface area contributed by atoms with Crippen LogP contribution in [0.15, 0.2) is 40.3 Å². The van der Waals surface area contributed by atoms with Crippen LogP contribution in [0.2, 0.25) is 0 Å². The highest BCUT2D eigenvalue weighted by molar-refractivity contribution is 7.99. The van der Waals surface area contributed by atoms with Crippen LogP contribution in [-0.4, -0.2) is 26.7 Å². The lowest BCUT2D eigenvalue weighted by Crippen LogP contribution is -2.28. The van der Waals surface area contributed by atoms with Crippen LogP contribution in [0.25, 0.3) is 0 Å². The van der Waals surface area contributed by atoms with Crippen molar-refractivity contribution in [2.45, 2.75) is 37.9 Å². The minimum absolute atomic E-state index is 0.104. The fraction of sp³-hybridized carbons (Fsp3) is 0.353. The van der Waals surface area contributed by atoms with E-state index in [1.54, 1.807) is 0 Å². The average molecular weight is 347 g/mol. The first-order chi connectivity index (χ1) is 11.5. The zero-order chi connectivity index (χ0) is 17.5. The lowest BCUT2D eigenvalue weighted by Gasteiger charge is -2.14. The number of nitrogens with zero attached hydrogens (tertiary/aromatic N) is 1. The molecule has 1 atom stereocenters. The van der Waals surface area contributed by atoms with Gasteiger partial charge in [-0.25, -0.2) is 0 Å². The molecular formula is C17H21N3O3S. The molecule has 0 unspecified atom stereocenters.